The molecule has 2 N–H and O–H groups in total. The van der Waals surface area contributed by atoms with E-state index in [1.807, 2.05) is 4.90 Å². The zero-order valence-corrected chi connectivity index (χ0v) is 16.5. The van der Waals surface area contributed by atoms with Gasteiger partial charge in [-0.25, -0.2) is 4.79 Å². The number of nitrogens with two attached hydrogens (primary N) is 1. The number of benzene rings is 2. The molecule has 4 rings (SSSR count). The summed E-state index contributed by atoms with van der Waals surface area (Å²) in [5.74, 6) is 1.37. The number of carbonyl (C=O) groups excluding carboxylic acids is 2. The molecule has 152 valence electrons. The van der Waals surface area contributed by atoms with E-state index in [9.17, 15) is 9.59 Å². The predicted molar refractivity (Wildman–Crippen MR) is 111 cm³/mol. The van der Waals surface area contributed by atoms with Crippen LogP contribution < -0.4 is 10.5 Å². The normalized spacial score (nSPS) is 21.2. The monoisotopic (exact) mass is 393 g/mol. The third-order valence-electron chi connectivity index (χ3n) is 5.93. The first kappa shape index (κ1) is 19.5. The number of aryl methyl sites for hydroxylation is 1. The molecule has 0 aliphatic carbocycles. The molecule has 6 nitrogen and oxygen atoms in total. The molecule has 0 bridgehead atoms. The topological polar surface area (TPSA) is 75.9 Å². The Morgan fingerprint density at radius 1 is 0.966 bits per heavy atom. The van der Waals surface area contributed by atoms with Gasteiger partial charge in [-0.15, -0.1) is 0 Å². The third-order valence-corrected chi connectivity index (χ3v) is 5.93. The number of hydrogen-bond donors (Lipinski definition) is 1. The van der Waals surface area contributed by atoms with Crippen molar-refractivity contribution in [2.24, 2.45) is 17.6 Å². The molecule has 2 atom stereocenters. The van der Waals surface area contributed by atoms with Crippen LogP contribution in [0.1, 0.15) is 22.3 Å². The van der Waals surface area contributed by atoms with Crippen molar-refractivity contribution >= 4 is 12.0 Å². The van der Waals surface area contributed by atoms with Crippen LogP contribution in [0, 0.1) is 11.8 Å². The van der Waals surface area contributed by atoms with Crippen LogP contribution in [0.3, 0.4) is 0 Å². The fraction of sp³-hybridized carbons (Fsp3) is 0.391. The average molecular weight is 393 g/mol. The van der Waals surface area contributed by atoms with Gasteiger partial charge in [0, 0.05) is 31.7 Å². The maximum Gasteiger partial charge on any atom is 0.409 e. The van der Waals surface area contributed by atoms with Gasteiger partial charge in [-0.1, -0.05) is 36.4 Å². The van der Waals surface area contributed by atoms with Crippen molar-refractivity contribution in [2.75, 3.05) is 32.7 Å². The van der Waals surface area contributed by atoms with Gasteiger partial charge in [0.1, 0.15) is 5.75 Å². The molecule has 6 heteroatoms. The van der Waals surface area contributed by atoms with Gasteiger partial charge in [-0.3, -0.25) is 4.79 Å². The predicted octanol–water partition coefficient (Wildman–Crippen LogP) is 2.78. The number of carbonyl (C=O) groups is 2. The molecule has 1 unspecified atom stereocenters. The molecule has 0 spiro atoms. The highest BCUT2D eigenvalue weighted by Crippen LogP contribution is 2.32. The molecule has 2 aliphatic heterocycles. The molecule has 2 saturated heterocycles. The van der Waals surface area contributed by atoms with E-state index in [4.69, 9.17) is 10.5 Å². The van der Waals surface area contributed by atoms with Gasteiger partial charge in [0.2, 0.25) is 0 Å². The summed E-state index contributed by atoms with van der Waals surface area (Å²) in [6.45, 7) is 4.82. The molecule has 2 heterocycles. The van der Waals surface area contributed by atoms with Gasteiger partial charge >= 0.3 is 6.09 Å². The van der Waals surface area contributed by atoms with Crippen LogP contribution in [0.5, 0.6) is 5.75 Å². The second-order valence-corrected chi connectivity index (χ2v) is 8.03. The van der Waals surface area contributed by atoms with E-state index in [2.05, 4.69) is 35.2 Å². The number of primary amides is 1. The van der Waals surface area contributed by atoms with Crippen LogP contribution >= 0.6 is 0 Å². The quantitative estimate of drug-likeness (QED) is 0.819. The van der Waals surface area contributed by atoms with Gasteiger partial charge < -0.3 is 20.3 Å². The second-order valence-electron chi connectivity index (χ2n) is 8.03. The van der Waals surface area contributed by atoms with Gasteiger partial charge in [0.25, 0.3) is 5.91 Å². The molecule has 2 aromatic carbocycles. The highest BCUT2D eigenvalue weighted by molar-refractivity contribution is 5.95. The number of amides is 2. The first-order valence-corrected chi connectivity index (χ1v) is 10.2. The Morgan fingerprint density at radius 3 is 2.38 bits per heavy atom. The molecule has 0 saturated carbocycles. The zero-order chi connectivity index (χ0) is 20.2. The smallest absolute Gasteiger partial charge is 0.409 e. The Morgan fingerprint density at radius 2 is 1.69 bits per heavy atom. The summed E-state index contributed by atoms with van der Waals surface area (Å²) in [6, 6.07) is 17.3. The van der Waals surface area contributed by atoms with Crippen molar-refractivity contribution in [3.05, 3.63) is 65.7 Å². The number of ether oxygens (including phenoxy) is 1. The van der Waals surface area contributed by atoms with Crippen molar-refractivity contribution in [1.82, 2.24) is 9.80 Å². The highest BCUT2D eigenvalue weighted by atomic mass is 16.5. The van der Waals surface area contributed by atoms with Crippen LogP contribution in [-0.4, -0.2) is 54.5 Å². The number of hydrogen-bond acceptors (Lipinski definition) is 4. The fourth-order valence-electron chi connectivity index (χ4n) is 4.58. The van der Waals surface area contributed by atoms with Crippen LogP contribution in [0.15, 0.2) is 54.6 Å². The van der Waals surface area contributed by atoms with Gasteiger partial charge in [0.15, 0.2) is 0 Å². The molecule has 2 aromatic rings. The van der Waals surface area contributed by atoms with Crippen molar-refractivity contribution < 1.29 is 14.3 Å². The van der Waals surface area contributed by atoms with Crippen molar-refractivity contribution in [3.63, 3.8) is 0 Å². The van der Waals surface area contributed by atoms with E-state index in [-0.39, 0.29) is 5.91 Å². The Kier molecular flexibility index (Phi) is 5.81. The van der Waals surface area contributed by atoms with E-state index in [0.717, 1.165) is 39.1 Å². The largest absolute Gasteiger partial charge is 0.410 e. The summed E-state index contributed by atoms with van der Waals surface area (Å²) in [5, 5.41) is 0. The lowest BCUT2D eigenvalue weighted by Gasteiger charge is -2.22. The first-order chi connectivity index (χ1) is 14.1. The molecular weight excluding hydrogens is 366 g/mol. The lowest BCUT2D eigenvalue weighted by atomic mass is 10.0. The molecule has 2 aliphatic rings. The van der Waals surface area contributed by atoms with E-state index in [1.165, 1.54) is 12.0 Å². The minimum absolute atomic E-state index is 0.00931. The van der Waals surface area contributed by atoms with E-state index >= 15 is 0 Å². The van der Waals surface area contributed by atoms with E-state index in [0.29, 0.717) is 23.1 Å². The van der Waals surface area contributed by atoms with Gasteiger partial charge in [-0.2, -0.15) is 0 Å². The van der Waals surface area contributed by atoms with Gasteiger partial charge in [0.05, 0.1) is 0 Å². The van der Waals surface area contributed by atoms with E-state index < -0.39 is 6.09 Å². The summed E-state index contributed by atoms with van der Waals surface area (Å²) < 4.78 is 4.89. The second kappa shape index (κ2) is 8.66. The minimum atomic E-state index is -0.877. The molecular formula is C23H27N3O3. The SMILES string of the molecule is NC(=O)Oc1cccc(C(=O)N2CC3CN(CCCc4ccccc4)C[C@H]3C2)c1. The van der Waals surface area contributed by atoms with E-state index in [1.54, 1.807) is 24.3 Å². The van der Waals surface area contributed by atoms with Gasteiger partial charge in [-0.05, 0) is 55.0 Å². The van der Waals surface area contributed by atoms with Crippen molar-refractivity contribution in [2.45, 2.75) is 12.8 Å². The number of fused-ring (bicyclic) bond motifs is 1. The van der Waals surface area contributed by atoms with Crippen LogP contribution in [-0.2, 0) is 6.42 Å². The summed E-state index contributed by atoms with van der Waals surface area (Å²) in [4.78, 5) is 28.3. The summed E-state index contributed by atoms with van der Waals surface area (Å²) in [7, 11) is 0. The standard InChI is InChI=1S/C23H27N3O3/c24-23(28)29-21-10-4-9-18(12-21)22(27)26-15-19-13-25(14-20(19)16-26)11-5-8-17-6-2-1-3-7-17/h1-4,6-7,9-10,12,19-20H,5,8,11,13-16H2,(H2,24,28)/t19-,20?/m0/s1. The van der Waals surface area contributed by atoms with Crippen molar-refractivity contribution in [1.29, 1.82) is 0 Å². The molecule has 0 aromatic heterocycles. The lowest BCUT2D eigenvalue weighted by molar-refractivity contribution is 0.0773. The Balaban J connectivity index is 1.26. The summed E-state index contributed by atoms with van der Waals surface area (Å²) in [6.07, 6.45) is 1.40. The Labute approximate surface area is 171 Å². The molecule has 2 amide bonds. The Hall–Kier alpha value is -2.86. The van der Waals surface area contributed by atoms with Crippen LogP contribution in [0.2, 0.25) is 0 Å². The molecule has 29 heavy (non-hydrogen) atoms. The number of rotatable bonds is 6. The zero-order valence-electron chi connectivity index (χ0n) is 16.5. The lowest BCUT2D eigenvalue weighted by Crippen LogP contribution is -2.33. The fourth-order valence-corrected chi connectivity index (χ4v) is 4.58. The summed E-state index contributed by atoms with van der Waals surface area (Å²) in [5.41, 5.74) is 6.98. The molecule has 2 fully saturated rings. The van der Waals surface area contributed by atoms with Crippen molar-refractivity contribution in [3.8, 4) is 5.75 Å². The van der Waals surface area contributed by atoms with Crippen LogP contribution in [0.25, 0.3) is 0 Å². The number of likely N-dealkylation sites (tertiary alicyclic amines) is 2. The number of nitrogens with zero attached hydrogens (tertiary/aromatic N) is 2. The maximum absolute atomic E-state index is 12.9. The Bertz CT molecular complexity index is 857. The first-order valence-electron chi connectivity index (χ1n) is 10.2. The molecule has 0 radical (unpaired) electrons. The van der Waals surface area contributed by atoms with Crippen LogP contribution in [0.4, 0.5) is 4.79 Å². The maximum atomic E-state index is 12.9. The minimum Gasteiger partial charge on any atom is -0.410 e. The average Bonchev–Trinajstić information content (AvgIpc) is 3.27. The summed E-state index contributed by atoms with van der Waals surface area (Å²) >= 11 is 0. The highest BCUT2D eigenvalue weighted by Gasteiger charge is 2.41. The third kappa shape index (κ3) is 4.77.